The van der Waals surface area contributed by atoms with Crippen molar-refractivity contribution in [3.8, 4) is 0 Å². The summed E-state index contributed by atoms with van der Waals surface area (Å²) in [5, 5.41) is 2.94. The third kappa shape index (κ3) is 3.11. The molecular formula is C19H19N3O4. The predicted molar refractivity (Wildman–Crippen MR) is 98.2 cm³/mol. The number of allylic oxidation sites excluding steroid dienone is 1. The van der Waals surface area contributed by atoms with Gasteiger partial charge in [0.2, 0.25) is 0 Å². The largest absolute Gasteiger partial charge is 0.458 e. The summed E-state index contributed by atoms with van der Waals surface area (Å²) in [5.74, 6) is -0.927. The van der Waals surface area contributed by atoms with Crippen LogP contribution in [-0.4, -0.2) is 22.5 Å². The van der Waals surface area contributed by atoms with Crippen LogP contribution in [0.3, 0.4) is 0 Å². The Labute approximate surface area is 149 Å². The van der Waals surface area contributed by atoms with Gasteiger partial charge in [-0.2, -0.15) is 0 Å². The Balaban J connectivity index is 2.23. The monoisotopic (exact) mass is 353 g/mol. The molecular weight excluding hydrogens is 334 g/mol. The van der Waals surface area contributed by atoms with Crippen molar-refractivity contribution in [2.45, 2.75) is 19.8 Å². The van der Waals surface area contributed by atoms with Crippen LogP contribution < -0.4 is 16.6 Å². The highest BCUT2D eigenvalue weighted by molar-refractivity contribution is 5.94. The van der Waals surface area contributed by atoms with Gasteiger partial charge in [0.05, 0.1) is 17.1 Å². The van der Waals surface area contributed by atoms with Gasteiger partial charge in [-0.3, -0.25) is 14.8 Å². The number of benzene rings is 1. The van der Waals surface area contributed by atoms with E-state index in [1.165, 1.54) is 6.08 Å². The van der Waals surface area contributed by atoms with Crippen LogP contribution in [0, 0.1) is 6.92 Å². The number of carbonyl (C=O) groups is 1. The smallest absolute Gasteiger partial charge is 0.337 e. The first-order valence-electron chi connectivity index (χ1n) is 8.11. The number of aryl methyl sites for hydroxylation is 1. The highest BCUT2D eigenvalue weighted by Gasteiger charge is 2.35. The SMILES string of the molecule is C=CCOC(=O)C1=C(C)Nc2[nH]c(=O)[nH]c(=O)c2[C@@H]1c1ccc(C)cc1. The van der Waals surface area contributed by atoms with E-state index in [0.717, 1.165) is 11.1 Å². The van der Waals surface area contributed by atoms with Gasteiger partial charge in [-0.25, -0.2) is 9.59 Å². The maximum atomic E-state index is 12.7. The van der Waals surface area contributed by atoms with E-state index in [-0.39, 0.29) is 18.0 Å². The van der Waals surface area contributed by atoms with Gasteiger partial charge in [0.15, 0.2) is 0 Å². The zero-order chi connectivity index (χ0) is 18.8. The molecule has 0 radical (unpaired) electrons. The van der Waals surface area contributed by atoms with Crippen molar-refractivity contribution < 1.29 is 9.53 Å². The lowest BCUT2D eigenvalue weighted by Gasteiger charge is -2.28. The second-order valence-corrected chi connectivity index (χ2v) is 6.09. The van der Waals surface area contributed by atoms with Crippen molar-refractivity contribution >= 4 is 11.8 Å². The Bertz CT molecular complexity index is 1010. The predicted octanol–water partition coefficient (Wildman–Crippen LogP) is 1.93. The molecule has 0 amide bonds. The molecule has 0 fully saturated rings. The van der Waals surface area contributed by atoms with Gasteiger partial charge in [-0.05, 0) is 19.4 Å². The number of aromatic amines is 2. The lowest BCUT2D eigenvalue weighted by atomic mass is 9.82. The highest BCUT2D eigenvalue weighted by atomic mass is 16.5. The van der Waals surface area contributed by atoms with Crippen LogP contribution in [0.5, 0.6) is 0 Å². The van der Waals surface area contributed by atoms with E-state index in [1.54, 1.807) is 6.92 Å². The fourth-order valence-corrected chi connectivity index (χ4v) is 3.06. The minimum absolute atomic E-state index is 0.0606. The highest BCUT2D eigenvalue weighted by Crippen LogP contribution is 2.39. The topological polar surface area (TPSA) is 104 Å². The summed E-state index contributed by atoms with van der Waals surface area (Å²) in [6, 6.07) is 7.51. The molecule has 1 atom stereocenters. The van der Waals surface area contributed by atoms with E-state index in [2.05, 4.69) is 21.9 Å². The number of fused-ring (bicyclic) bond motifs is 1. The number of rotatable bonds is 4. The zero-order valence-corrected chi connectivity index (χ0v) is 14.5. The number of hydrogen-bond donors (Lipinski definition) is 3. The molecule has 0 spiro atoms. The third-order valence-corrected chi connectivity index (χ3v) is 4.24. The molecule has 134 valence electrons. The van der Waals surface area contributed by atoms with Crippen molar-refractivity contribution in [3.63, 3.8) is 0 Å². The molecule has 1 aliphatic rings. The van der Waals surface area contributed by atoms with Crippen LogP contribution in [0.15, 0.2) is 57.8 Å². The molecule has 2 heterocycles. The second kappa shape index (κ2) is 6.87. The van der Waals surface area contributed by atoms with Crippen molar-refractivity contribution in [3.05, 3.63) is 85.7 Å². The molecule has 3 N–H and O–H groups in total. The molecule has 1 aliphatic heterocycles. The number of esters is 1. The summed E-state index contributed by atoms with van der Waals surface area (Å²) < 4.78 is 5.22. The summed E-state index contributed by atoms with van der Waals surface area (Å²) in [7, 11) is 0. The molecule has 2 aromatic rings. The summed E-state index contributed by atoms with van der Waals surface area (Å²) in [4.78, 5) is 41.6. The number of anilines is 1. The summed E-state index contributed by atoms with van der Waals surface area (Å²) >= 11 is 0. The first-order valence-corrected chi connectivity index (χ1v) is 8.11. The Morgan fingerprint density at radius 2 is 1.88 bits per heavy atom. The summed E-state index contributed by atoms with van der Waals surface area (Å²) in [5.41, 5.74) is 1.73. The number of hydrogen-bond acceptors (Lipinski definition) is 5. The Morgan fingerprint density at radius 3 is 2.54 bits per heavy atom. The molecule has 3 rings (SSSR count). The number of H-pyrrole nitrogens is 2. The van der Waals surface area contributed by atoms with E-state index in [1.807, 2.05) is 31.2 Å². The number of ether oxygens (including phenoxy) is 1. The van der Waals surface area contributed by atoms with E-state index >= 15 is 0 Å². The maximum absolute atomic E-state index is 12.7. The van der Waals surface area contributed by atoms with E-state index in [9.17, 15) is 14.4 Å². The van der Waals surface area contributed by atoms with E-state index < -0.39 is 23.1 Å². The summed E-state index contributed by atoms with van der Waals surface area (Å²) in [6.07, 6.45) is 1.48. The Kier molecular flexibility index (Phi) is 4.62. The standard InChI is InChI=1S/C19H19N3O4/c1-4-9-26-18(24)13-11(3)20-16-15(17(23)22-19(25)21-16)14(13)12-7-5-10(2)6-8-12/h4-8,14H,1,9H2,2-3H3,(H3,20,21,22,23,25)/t14-/m1/s1. The molecule has 0 saturated heterocycles. The van der Waals surface area contributed by atoms with Crippen LogP contribution in [-0.2, 0) is 9.53 Å². The first-order chi connectivity index (χ1) is 12.4. The van der Waals surface area contributed by atoms with Crippen LogP contribution in [0.25, 0.3) is 0 Å². The van der Waals surface area contributed by atoms with Gasteiger partial charge < -0.3 is 10.1 Å². The number of nitrogens with one attached hydrogen (secondary N) is 3. The lowest BCUT2D eigenvalue weighted by molar-refractivity contribution is -0.138. The molecule has 1 aromatic carbocycles. The van der Waals surface area contributed by atoms with Crippen molar-refractivity contribution in [2.75, 3.05) is 11.9 Å². The molecule has 0 unspecified atom stereocenters. The van der Waals surface area contributed by atoms with Crippen LogP contribution in [0.4, 0.5) is 5.82 Å². The summed E-state index contributed by atoms with van der Waals surface area (Å²) in [6.45, 7) is 7.25. The number of carbonyl (C=O) groups excluding carboxylic acids is 1. The van der Waals surface area contributed by atoms with Gasteiger partial charge >= 0.3 is 11.7 Å². The molecule has 7 nitrogen and oxygen atoms in total. The van der Waals surface area contributed by atoms with E-state index in [4.69, 9.17) is 4.74 Å². The first kappa shape index (κ1) is 17.5. The van der Waals surface area contributed by atoms with Gasteiger partial charge in [0.1, 0.15) is 12.4 Å². The average Bonchev–Trinajstić information content (AvgIpc) is 2.59. The van der Waals surface area contributed by atoms with Crippen molar-refractivity contribution in [2.24, 2.45) is 0 Å². The van der Waals surface area contributed by atoms with Crippen molar-refractivity contribution in [1.29, 1.82) is 0 Å². The Morgan fingerprint density at radius 1 is 1.19 bits per heavy atom. The van der Waals surface area contributed by atoms with Crippen LogP contribution in [0.2, 0.25) is 0 Å². The van der Waals surface area contributed by atoms with Gasteiger partial charge in [0, 0.05) is 5.70 Å². The van der Waals surface area contributed by atoms with Crippen LogP contribution in [0.1, 0.15) is 29.5 Å². The zero-order valence-electron chi connectivity index (χ0n) is 14.5. The molecule has 0 saturated carbocycles. The molecule has 0 bridgehead atoms. The average molecular weight is 353 g/mol. The second-order valence-electron chi connectivity index (χ2n) is 6.09. The Hall–Kier alpha value is -3.35. The fourth-order valence-electron chi connectivity index (χ4n) is 3.06. The minimum Gasteiger partial charge on any atom is -0.458 e. The lowest BCUT2D eigenvalue weighted by Crippen LogP contribution is -2.35. The quantitative estimate of drug-likeness (QED) is 0.575. The van der Waals surface area contributed by atoms with E-state index in [0.29, 0.717) is 11.3 Å². The molecule has 26 heavy (non-hydrogen) atoms. The molecule has 1 aromatic heterocycles. The molecule has 0 aliphatic carbocycles. The number of aromatic nitrogens is 2. The maximum Gasteiger partial charge on any atom is 0.337 e. The third-order valence-electron chi connectivity index (χ3n) is 4.24. The van der Waals surface area contributed by atoms with Crippen molar-refractivity contribution in [1.82, 2.24) is 9.97 Å². The van der Waals surface area contributed by atoms with Crippen LogP contribution >= 0.6 is 0 Å². The fraction of sp³-hybridized carbons (Fsp3) is 0.211. The molecule has 7 heteroatoms. The minimum atomic E-state index is -0.662. The normalized spacial score (nSPS) is 15.8. The van der Waals surface area contributed by atoms with Gasteiger partial charge in [-0.15, -0.1) is 0 Å². The van der Waals surface area contributed by atoms with Gasteiger partial charge in [-0.1, -0.05) is 42.5 Å². The van der Waals surface area contributed by atoms with Gasteiger partial charge in [0.25, 0.3) is 5.56 Å².